The predicted octanol–water partition coefficient (Wildman–Crippen LogP) is 2.41. The number of piperazine rings is 1. The Morgan fingerprint density at radius 2 is 1.56 bits per heavy atom. The first-order chi connectivity index (χ1) is 11.9. The summed E-state index contributed by atoms with van der Waals surface area (Å²) in [4.78, 5) is 12.4. The molecule has 0 amide bonds. The second kappa shape index (κ2) is 6.81. The summed E-state index contributed by atoms with van der Waals surface area (Å²) in [5.74, 6) is 0. The number of sulfonamides is 1. The molecule has 0 N–H and O–H groups in total. The van der Waals surface area contributed by atoms with Gasteiger partial charge in [0.15, 0.2) is 0 Å². The van der Waals surface area contributed by atoms with Crippen LogP contribution in [0, 0.1) is 17.0 Å². The van der Waals surface area contributed by atoms with Crippen molar-refractivity contribution in [1.29, 1.82) is 0 Å². The molecule has 1 fully saturated rings. The molecule has 0 aliphatic carbocycles. The number of nitrogens with zero attached hydrogens (tertiary/aromatic N) is 3. The van der Waals surface area contributed by atoms with Gasteiger partial charge in [0.2, 0.25) is 10.0 Å². The highest BCUT2D eigenvalue weighted by atomic mass is 32.2. The molecule has 1 saturated heterocycles. The molecule has 1 heterocycles. The van der Waals surface area contributed by atoms with E-state index >= 15 is 0 Å². The second-order valence-corrected chi connectivity index (χ2v) is 7.87. The predicted molar refractivity (Wildman–Crippen MR) is 95.2 cm³/mol. The third-order valence-electron chi connectivity index (χ3n) is 4.38. The normalized spacial score (nSPS) is 16.0. The van der Waals surface area contributed by atoms with Crippen LogP contribution in [0.3, 0.4) is 0 Å². The monoisotopic (exact) mass is 361 g/mol. The van der Waals surface area contributed by atoms with Crippen molar-refractivity contribution in [3.63, 3.8) is 0 Å². The number of benzene rings is 2. The number of nitro groups is 1. The van der Waals surface area contributed by atoms with Crippen LogP contribution in [0.2, 0.25) is 0 Å². The number of rotatable bonds is 4. The van der Waals surface area contributed by atoms with Gasteiger partial charge in [-0.2, -0.15) is 4.31 Å². The maximum Gasteiger partial charge on any atom is 0.269 e. The Morgan fingerprint density at radius 3 is 2.12 bits per heavy atom. The van der Waals surface area contributed by atoms with Gasteiger partial charge in [0.05, 0.1) is 9.82 Å². The van der Waals surface area contributed by atoms with E-state index in [9.17, 15) is 18.5 Å². The minimum atomic E-state index is -3.64. The van der Waals surface area contributed by atoms with Gasteiger partial charge in [0.1, 0.15) is 0 Å². The minimum absolute atomic E-state index is 0.0856. The molecule has 2 aromatic carbocycles. The Hall–Kier alpha value is -2.45. The van der Waals surface area contributed by atoms with E-state index in [4.69, 9.17) is 0 Å². The van der Waals surface area contributed by atoms with Crippen molar-refractivity contribution in [1.82, 2.24) is 4.31 Å². The molecule has 0 radical (unpaired) electrons. The molecule has 0 saturated carbocycles. The number of aryl methyl sites for hydroxylation is 1. The van der Waals surface area contributed by atoms with E-state index in [1.165, 1.54) is 28.6 Å². The van der Waals surface area contributed by atoms with E-state index in [1.807, 2.05) is 31.2 Å². The third kappa shape index (κ3) is 3.49. The number of anilines is 1. The van der Waals surface area contributed by atoms with Gasteiger partial charge in [-0.1, -0.05) is 18.2 Å². The van der Waals surface area contributed by atoms with Gasteiger partial charge in [-0.05, 0) is 30.7 Å². The number of non-ortho nitro benzene ring substituents is 1. The summed E-state index contributed by atoms with van der Waals surface area (Å²) in [5, 5.41) is 10.7. The van der Waals surface area contributed by atoms with Crippen LogP contribution in [-0.4, -0.2) is 43.8 Å². The molecule has 0 aromatic heterocycles. The smallest absolute Gasteiger partial charge is 0.269 e. The third-order valence-corrected chi connectivity index (χ3v) is 6.29. The number of hydrogen-bond acceptors (Lipinski definition) is 5. The summed E-state index contributed by atoms with van der Waals surface area (Å²) < 4.78 is 26.9. The average molecular weight is 361 g/mol. The highest BCUT2D eigenvalue weighted by Gasteiger charge is 2.29. The molecule has 0 atom stereocenters. The Morgan fingerprint density at radius 1 is 0.960 bits per heavy atom. The van der Waals surface area contributed by atoms with E-state index in [0.29, 0.717) is 26.2 Å². The fourth-order valence-electron chi connectivity index (χ4n) is 2.98. The van der Waals surface area contributed by atoms with Gasteiger partial charge in [-0.15, -0.1) is 0 Å². The number of para-hydroxylation sites is 1. The maximum absolute atomic E-state index is 12.7. The summed E-state index contributed by atoms with van der Waals surface area (Å²) in [5.41, 5.74) is 2.16. The van der Waals surface area contributed by atoms with Crippen LogP contribution >= 0.6 is 0 Å². The first-order valence-electron chi connectivity index (χ1n) is 7.95. The van der Waals surface area contributed by atoms with Gasteiger partial charge in [0.25, 0.3) is 5.69 Å². The molecule has 25 heavy (non-hydrogen) atoms. The van der Waals surface area contributed by atoms with Crippen LogP contribution in [0.4, 0.5) is 11.4 Å². The molecule has 1 aliphatic heterocycles. The minimum Gasteiger partial charge on any atom is -0.369 e. The van der Waals surface area contributed by atoms with Crippen molar-refractivity contribution in [2.45, 2.75) is 11.8 Å². The van der Waals surface area contributed by atoms with Gasteiger partial charge in [0, 0.05) is 44.0 Å². The van der Waals surface area contributed by atoms with E-state index in [0.717, 1.165) is 11.3 Å². The molecule has 3 rings (SSSR count). The van der Waals surface area contributed by atoms with Crippen LogP contribution in [0.1, 0.15) is 5.56 Å². The average Bonchev–Trinajstić information content (AvgIpc) is 2.62. The van der Waals surface area contributed by atoms with Crippen LogP contribution in [-0.2, 0) is 10.0 Å². The van der Waals surface area contributed by atoms with Gasteiger partial charge in [-0.25, -0.2) is 8.42 Å². The number of hydrogen-bond donors (Lipinski definition) is 0. The van der Waals surface area contributed by atoms with Crippen molar-refractivity contribution in [3.8, 4) is 0 Å². The zero-order valence-electron chi connectivity index (χ0n) is 13.8. The van der Waals surface area contributed by atoms with Crippen LogP contribution in [0.5, 0.6) is 0 Å². The molecule has 7 nitrogen and oxygen atoms in total. The van der Waals surface area contributed by atoms with E-state index in [-0.39, 0.29) is 10.6 Å². The lowest BCUT2D eigenvalue weighted by Crippen LogP contribution is -2.48. The SMILES string of the molecule is Cc1ccccc1N1CCN(S(=O)(=O)c2ccc([N+](=O)[O-])cc2)CC1. The highest BCUT2D eigenvalue weighted by Crippen LogP contribution is 2.24. The first-order valence-corrected chi connectivity index (χ1v) is 9.39. The topological polar surface area (TPSA) is 83.8 Å². The van der Waals surface area contributed by atoms with Crippen molar-refractivity contribution in [3.05, 3.63) is 64.2 Å². The van der Waals surface area contributed by atoms with E-state index in [2.05, 4.69) is 4.90 Å². The molecule has 0 unspecified atom stereocenters. The molecule has 1 aliphatic rings. The molecule has 8 heteroatoms. The zero-order chi connectivity index (χ0) is 18.0. The Kier molecular flexibility index (Phi) is 4.73. The Labute approximate surface area is 146 Å². The van der Waals surface area contributed by atoms with Crippen molar-refractivity contribution >= 4 is 21.4 Å². The summed E-state index contributed by atoms with van der Waals surface area (Å²) >= 11 is 0. The molecule has 2 aromatic rings. The summed E-state index contributed by atoms with van der Waals surface area (Å²) in [6.45, 7) is 4.02. The highest BCUT2D eigenvalue weighted by molar-refractivity contribution is 7.89. The molecular formula is C17H19N3O4S. The van der Waals surface area contributed by atoms with Crippen LogP contribution in [0.25, 0.3) is 0 Å². The van der Waals surface area contributed by atoms with Gasteiger partial charge in [-0.3, -0.25) is 10.1 Å². The summed E-state index contributed by atoms with van der Waals surface area (Å²) in [6, 6.07) is 13.1. The van der Waals surface area contributed by atoms with Crippen molar-refractivity contribution in [2.24, 2.45) is 0 Å². The lowest BCUT2D eigenvalue weighted by Gasteiger charge is -2.36. The first kappa shape index (κ1) is 17.4. The molecule has 0 bridgehead atoms. The summed E-state index contributed by atoms with van der Waals surface area (Å²) in [6.07, 6.45) is 0. The zero-order valence-corrected chi connectivity index (χ0v) is 14.6. The standard InChI is InChI=1S/C17H19N3O4S/c1-14-4-2-3-5-17(14)18-10-12-19(13-11-18)25(23,24)16-8-6-15(7-9-16)20(21)22/h2-9H,10-13H2,1H3. The number of nitro benzene ring substituents is 1. The van der Waals surface area contributed by atoms with Gasteiger partial charge >= 0.3 is 0 Å². The van der Waals surface area contributed by atoms with Crippen LogP contribution < -0.4 is 4.90 Å². The second-order valence-electron chi connectivity index (χ2n) is 5.93. The van der Waals surface area contributed by atoms with E-state index in [1.54, 1.807) is 0 Å². The van der Waals surface area contributed by atoms with Crippen molar-refractivity contribution in [2.75, 3.05) is 31.1 Å². The fourth-order valence-corrected chi connectivity index (χ4v) is 4.40. The van der Waals surface area contributed by atoms with Crippen molar-refractivity contribution < 1.29 is 13.3 Å². The largest absolute Gasteiger partial charge is 0.369 e. The van der Waals surface area contributed by atoms with E-state index < -0.39 is 14.9 Å². The Balaban J connectivity index is 1.73. The maximum atomic E-state index is 12.7. The Bertz CT molecular complexity index is 873. The lowest BCUT2D eigenvalue weighted by atomic mass is 10.1. The van der Waals surface area contributed by atoms with Crippen LogP contribution in [0.15, 0.2) is 53.4 Å². The fraction of sp³-hybridized carbons (Fsp3) is 0.294. The molecular weight excluding hydrogens is 342 g/mol. The summed E-state index contributed by atoms with van der Waals surface area (Å²) in [7, 11) is -3.64. The quantitative estimate of drug-likeness (QED) is 0.617. The molecule has 132 valence electrons. The lowest BCUT2D eigenvalue weighted by molar-refractivity contribution is -0.384. The van der Waals surface area contributed by atoms with Gasteiger partial charge < -0.3 is 4.90 Å². The molecule has 0 spiro atoms.